The number of halogens is 1. The van der Waals surface area contributed by atoms with Gasteiger partial charge < -0.3 is 24.8 Å². The van der Waals surface area contributed by atoms with Crippen molar-refractivity contribution >= 4 is 32.7 Å². The van der Waals surface area contributed by atoms with Crippen molar-refractivity contribution in [3.63, 3.8) is 0 Å². The number of aromatic amines is 2. The van der Waals surface area contributed by atoms with E-state index in [1.807, 2.05) is 44.2 Å². The quantitative estimate of drug-likeness (QED) is 0.578. The number of nitrogens with one attached hydrogen (secondary N) is 3. The third kappa shape index (κ3) is 3.99. The summed E-state index contributed by atoms with van der Waals surface area (Å²) in [6, 6.07) is 9.56. The van der Waals surface area contributed by atoms with Crippen molar-refractivity contribution in [3.8, 4) is 11.5 Å². The van der Waals surface area contributed by atoms with E-state index in [4.69, 9.17) is 9.47 Å². The number of H-pyrrole nitrogens is 2. The number of imidazole rings is 1. The fraction of sp³-hybridized carbons (Fsp3) is 0.278. The van der Waals surface area contributed by atoms with Crippen LogP contribution >= 0.6 is 15.9 Å². The third-order valence-corrected chi connectivity index (χ3v) is 4.43. The molecule has 2 aromatic carbocycles. The Balaban J connectivity index is 1.80. The summed E-state index contributed by atoms with van der Waals surface area (Å²) in [5, 5.41) is 3.35. The Hall–Kier alpha value is -2.41. The van der Waals surface area contributed by atoms with E-state index in [-0.39, 0.29) is 11.8 Å². The summed E-state index contributed by atoms with van der Waals surface area (Å²) in [5.41, 5.74) is 3.30. The van der Waals surface area contributed by atoms with Crippen LogP contribution in [-0.4, -0.2) is 23.2 Å². The summed E-state index contributed by atoms with van der Waals surface area (Å²) >= 11 is 3.59. The van der Waals surface area contributed by atoms with E-state index in [0.29, 0.717) is 18.0 Å². The molecule has 0 atom stereocenters. The Morgan fingerprint density at radius 2 is 1.88 bits per heavy atom. The number of aromatic nitrogens is 2. The molecule has 0 amide bonds. The Morgan fingerprint density at radius 3 is 2.60 bits per heavy atom. The molecule has 25 heavy (non-hydrogen) atoms. The smallest absolute Gasteiger partial charge is 0.323 e. The molecule has 0 saturated heterocycles. The van der Waals surface area contributed by atoms with Gasteiger partial charge in [-0.25, -0.2) is 4.79 Å². The first-order chi connectivity index (χ1) is 12.0. The molecule has 0 unspecified atom stereocenters. The van der Waals surface area contributed by atoms with Gasteiger partial charge in [-0.1, -0.05) is 15.9 Å². The minimum Gasteiger partial charge on any atom is -0.493 e. The zero-order chi connectivity index (χ0) is 18.0. The second-order valence-corrected chi connectivity index (χ2v) is 6.81. The minimum atomic E-state index is -0.208. The second-order valence-electron chi connectivity index (χ2n) is 5.95. The first kappa shape index (κ1) is 17.4. The van der Waals surface area contributed by atoms with Gasteiger partial charge in [0.1, 0.15) is 0 Å². The summed E-state index contributed by atoms with van der Waals surface area (Å²) in [5.74, 6) is 1.40. The number of ether oxygens (including phenoxy) is 2. The fourth-order valence-corrected chi connectivity index (χ4v) is 3.02. The molecule has 3 N–H and O–H groups in total. The van der Waals surface area contributed by atoms with Gasteiger partial charge in [-0.05, 0) is 49.7 Å². The van der Waals surface area contributed by atoms with E-state index in [0.717, 1.165) is 26.8 Å². The number of fused-ring (bicyclic) bond motifs is 1. The molecule has 0 saturated carbocycles. The number of benzene rings is 2. The van der Waals surface area contributed by atoms with E-state index < -0.39 is 0 Å². The molecule has 1 aromatic heterocycles. The lowest BCUT2D eigenvalue weighted by Gasteiger charge is -2.16. The van der Waals surface area contributed by atoms with Gasteiger partial charge in [-0.2, -0.15) is 0 Å². The van der Waals surface area contributed by atoms with Gasteiger partial charge >= 0.3 is 5.69 Å². The highest BCUT2D eigenvalue weighted by atomic mass is 79.9. The van der Waals surface area contributed by atoms with Crippen molar-refractivity contribution in [2.24, 2.45) is 0 Å². The van der Waals surface area contributed by atoms with Gasteiger partial charge in [0.05, 0.1) is 24.2 Å². The summed E-state index contributed by atoms with van der Waals surface area (Å²) in [4.78, 5) is 16.8. The molecule has 7 heteroatoms. The van der Waals surface area contributed by atoms with Crippen LogP contribution in [0.3, 0.4) is 0 Å². The van der Waals surface area contributed by atoms with Gasteiger partial charge in [0.15, 0.2) is 11.5 Å². The highest BCUT2D eigenvalue weighted by Gasteiger charge is 2.12. The Bertz CT molecular complexity index is 946. The number of hydrogen-bond donors (Lipinski definition) is 3. The average Bonchev–Trinajstić information content (AvgIpc) is 2.92. The zero-order valence-corrected chi connectivity index (χ0v) is 15.9. The van der Waals surface area contributed by atoms with Crippen molar-refractivity contribution in [3.05, 3.63) is 50.9 Å². The first-order valence-electron chi connectivity index (χ1n) is 7.95. The van der Waals surface area contributed by atoms with E-state index >= 15 is 0 Å². The highest BCUT2D eigenvalue weighted by Crippen LogP contribution is 2.34. The van der Waals surface area contributed by atoms with E-state index in [1.54, 1.807) is 7.11 Å². The van der Waals surface area contributed by atoms with Crippen LogP contribution in [0, 0.1) is 0 Å². The summed E-state index contributed by atoms with van der Waals surface area (Å²) < 4.78 is 12.1. The predicted octanol–water partition coefficient (Wildman–Crippen LogP) is 4.03. The molecule has 0 aliphatic rings. The molecule has 6 nitrogen and oxygen atoms in total. The van der Waals surface area contributed by atoms with Crippen LogP contribution in [-0.2, 0) is 6.54 Å². The molecule has 0 aliphatic carbocycles. The van der Waals surface area contributed by atoms with E-state index in [9.17, 15) is 4.79 Å². The van der Waals surface area contributed by atoms with Crippen LogP contribution < -0.4 is 20.5 Å². The van der Waals surface area contributed by atoms with Gasteiger partial charge in [0, 0.05) is 16.7 Å². The number of rotatable bonds is 6. The normalized spacial score (nSPS) is 11.1. The molecular weight excluding hydrogens is 386 g/mol. The monoisotopic (exact) mass is 405 g/mol. The summed E-state index contributed by atoms with van der Waals surface area (Å²) in [6.07, 6.45) is 0.0695. The maximum atomic E-state index is 11.3. The predicted molar refractivity (Wildman–Crippen MR) is 103 cm³/mol. The lowest BCUT2D eigenvalue weighted by Crippen LogP contribution is -2.08. The molecule has 0 spiro atoms. The van der Waals surface area contributed by atoms with E-state index in [2.05, 4.69) is 31.2 Å². The Morgan fingerprint density at radius 1 is 1.12 bits per heavy atom. The highest BCUT2D eigenvalue weighted by molar-refractivity contribution is 9.10. The second kappa shape index (κ2) is 7.23. The Kier molecular flexibility index (Phi) is 5.03. The van der Waals surface area contributed by atoms with Crippen molar-refractivity contribution in [2.75, 3.05) is 12.4 Å². The van der Waals surface area contributed by atoms with Gasteiger partial charge in [-0.3, -0.25) is 0 Å². The molecule has 1 heterocycles. The largest absolute Gasteiger partial charge is 0.493 e. The lowest BCUT2D eigenvalue weighted by molar-refractivity contribution is 0.230. The van der Waals surface area contributed by atoms with Gasteiger partial charge in [-0.15, -0.1) is 0 Å². The summed E-state index contributed by atoms with van der Waals surface area (Å²) in [6.45, 7) is 4.55. The summed E-state index contributed by atoms with van der Waals surface area (Å²) in [7, 11) is 1.63. The fourth-order valence-electron chi connectivity index (χ4n) is 2.56. The van der Waals surface area contributed by atoms with Crippen LogP contribution in [0.15, 0.2) is 39.6 Å². The third-order valence-electron chi connectivity index (χ3n) is 3.69. The lowest BCUT2D eigenvalue weighted by atomic mass is 10.2. The topological polar surface area (TPSA) is 79.1 Å². The van der Waals surface area contributed by atoms with Gasteiger partial charge in [0.25, 0.3) is 0 Å². The van der Waals surface area contributed by atoms with Crippen molar-refractivity contribution in [1.82, 2.24) is 9.97 Å². The van der Waals surface area contributed by atoms with E-state index in [1.165, 1.54) is 0 Å². The van der Waals surface area contributed by atoms with Crippen molar-refractivity contribution < 1.29 is 9.47 Å². The number of methoxy groups -OCH3 is 1. The maximum Gasteiger partial charge on any atom is 0.323 e. The van der Waals surface area contributed by atoms with Crippen molar-refractivity contribution in [2.45, 2.75) is 26.5 Å². The van der Waals surface area contributed by atoms with Crippen molar-refractivity contribution in [1.29, 1.82) is 0 Å². The molecule has 132 valence electrons. The van der Waals surface area contributed by atoms with Gasteiger partial charge in [0.2, 0.25) is 0 Å². The minimum absolute atomic E-state index is 0.0695. The molecule has 0 aliphatic heterocycles. The van der Waals surface area contributed by atoms with Crippen LogP contribution in [0.5, 0.6) is 11.5 Å². The Labute approximate surface area is 153 Å². The molecular formula is C18H20BrN3O3. The molecule has 0 fully saturated rings. The van der Waals surface area contributed by atoms with Crippen LogP contribution in [0.4, 0.5) is 5.69 Å². The zero-order valence-electron chi connectivity index (χ0n) is 14.3. The SMILES string of the molecule is COc1cc(CNc2ccc3[nH]c(=O)[nH]c3c2)c(Br)cc1OC(C)C. The molecule has 0 radical (unpaired) electrons. The molecule has 0 bridgehead atoms. The average molecular weight is 406 g/mol. The first-order valence-corrected chi connectivity index (χ1v) is 8.74. The molecule has 3 rings (SSSR count). The number of hydrogen-bond acceptors (Lipinski definition) is 4. The van der Waals surface area contributed by atoms with Crippen LogP contribution in [0.25, 0.3) is 11.0 Å². The standard InChI is InChI=1S/C18H20BrN3O3/c1-10(2)25-17-8-13(19)11(6-16(17)24-3)9-20-12-4-5-14-15(7-12)22-18(23)21-14/h4-8,10,20H,9H2,1-3H3,(H2,21,22,23). The van der Waals surface area contributed by atoms with Crippen LogP contribution in [0.2, 0.25) is 0 Å². The molecule has 3 aromatic rings. The number of anilines is 1. The maximum absolute atomic E-state index is 11.3. The van der Waals surface area contributed by atoms with Crippen LogP contribution in [0.1, 0.15) is 19.4 Å².